The minimum atomic E-state index is -3.85. The average molecular weight is 404 g/mol. The van der Waals surface area contributed by atoms with Crippen molar-refractivity contribution in [1.82, 2.24) is 4.72 Å². The molecule has 0 aliphatic rings. The van der Waals surface area contributed by atoms with Crippen LogP contribution in [0.5, 0.6) is 0 Å². The van der Waals surface area contributed by atoms with Crippen LogP contribution in [0.3, 0.4) is 0 Å². The zero-order valence-corrected chi connectivity index (χ0v) is 15.4. The molecule has 0 fully saturated rings. The van der Waals surface area contributed by atoms with Gasteiger partial charge in [0.25, 0.3) is 0 Å². The van der Waals surface area contributed by atoms with Gasteiger partial charge in [0.15, 0.2) is 0 Å². The van der Waals surface area contributed by atoms with Gasteiger partial charge in [-0.2, -0.15) is 0 Å². The maximum Gasteiger partial charge on any atom is 0.242 e. The maximum absolute atomic E-state index is 13.3. The molecule has 0 aromatic heterocycles. The Labute approximate surface area is 140 Å². The van der Waals surface area contributed by atoms with Crippen molar-refractivity contribution in [3.8, 4) is 0 Å². The highest BCUT2D eigenvalue weighted by atomic mass is 79.9. The quantitative estimate of drug-likeness (QED) is 0.767. The first-order chi connectivity index (χ1) is 9.09. The molecule has 0 amide bonds. The van der Waals surface area contributed by atoms with Gasteiger partial charge in [0.2, 0.25) is 10.0 Å². The van der Waals surface area contributed by atoms with E-state index < -0.39 is 21.4 Å². The fourth-order valence-corrected chi connectivity index (χ4v) is 4.53. The Morgan fingerprint density at radius 3 is 2.48 bits per heavy atom. The van der Waals surface area contributed by atoms with Crippen LogP contribution >= 0.6 is 28.3 Å². The van der Waals surface area contributed by atoms with E-state index in [-0.39, 0.29) is 29.8 Å². The Morgan fingerprint density at radius 1 is 1.43 bits per heavy atom. The molecule has 1 atom stereocenters. The van der Waals surface area contributed by atoms with Crippen LogP contribution in [-0.4, -0.2) is 20.5 Å². The smallest absolute Gasteiger partial charge is 0.242 e. The molecule has 1 unspecified atom stereocenters. The van der Waals surface area contributed by atoms with Crippen molar-refractivity contribution in [2.24, 2.45) is 11.7 Å². The Morgan fingerprint density at radius 2 is 2.00 bits per heavy atom. The van der Waals surface area contributed by atoms with E-state index in [1.54, 1.807) is 6.92 Å². The van der Waals surface area contributed by atoms with Crippen LogP contribution in [0.2, 0.25) is 0 Å². The van der Waals surface area contributed by atoms with Gasteiger partial charge in [-0.1, -0.05) is 13.8 Å². The van der Waals surface area contributed by atoms with Crippen LogP contribution in [-0.2, 0) is 10.0 Å². The predicted octanol–water partition coefficient (Wildman–Crippen LogP) is 3.05. The number of nitrogens with two attached hydrogens (primary N) is 1. The molecule has 3 N–H and O–H groups in total. The van der Waals surface area contributed by atoms with Gasteiger partial charge in [0.05, 0.1) is 4.90 Å². The zero-order chi connectivity index (χ0) is 15.6. The van der Waals surface area contributed by atoms with E-state index in [1.807, 2.05) is 13.8 Å². The van der Waals surface area contributed by atoms with Gasteiger partial charge in [-0.3, -0.25) is 0 Å². The second-order valence-corrected chi connectivity index (χ2v) is 8.05. The van der Waals surface area contributed by atoms with Crippen molar-refractivity contribution in [3.63, 3.8) is 0 Å². The minimum absolute atomic E-state index is 0. The van der Waals surface area contributed by atoms with E-state index in [2.05, 4.69) is 20.7 Å². The van der Waals surface area contributed by atoms with Gasteiger partial charge in [0.1, 0.15) is 5.82 Å². The summed E-state index contributed by atoms with van der Waals surface area (Å²) < 4.78 is 41.0. The van der Waals surface area contributed by atoms with Crippen LogP contribution in [0.25, 0.3) is 0 Å². The third kappa shape index (κ3) is 5.83. The van der Waals surface area contributed by atoms with Gasteiger partial charge in [-0.25, -0.2) is 17.5 Å². The van der Waals surface area contributed by atoms with E-state index in [0.29, 0.717) is 10.9 Å². The first-order valence-corrected chi connectivity index (χ1v) is 8.56. The molecule has 8 heteroatoms. The lowest BCUT2D eigenvalue weighted by molar-refractivity contribution is 0.344. The van der Waals surface area contributed by atoms with E-state index in [0.717, 1.165) is 6.07 Å². The molecule has 0 aliphatic heterocycles. The number of hydrogen-bond acceptors (Lipinski definition) is 3. The Balaban J connectivity index is 0.00000400. The number of hydrogen-bond donors (Lipinski definition) is 2. The fourth-order valence-electron chi connectivity index (χ4n) is 2.13. The topological polar surface area (TPSA) is 72.2 Å². The number of halogens is 3. The summed E-state index contributed by atoms with van der Waals surface area (Å²) in [5.41, 5.74) is 4.93. The predicted molar refractivity (Wildman–Crippen MR) is 88.6 cm³/mol. The van der Waals surface area contributed by atoms with E-state index in [1.165, 1.54) is 12.1 Å². The molecule has 0 bridgehead atoms. The second kappa shape index (κ2) is 7.87. The molecular formula is C13H21BrClFN2O2S. The van der Waals surface area contributed by atoms with Crippen LogP contribution in [0.1, 0.15) is 27.2 Å². The number of sulfonamides is 1. The second-order valence-electron chi connectivity index (χ2n) is 5.54. The lowest BCUT2D eigenvalue weighted by atomic mass is 9.92. The molecule has 0 radical (unpaired) electrons. The van der Waals surface area contributed by atoms with Gasteiger partial charge in [0, 0.05) is 16.6 Å². The van der Waals surface area contributed by atoms with Gasteiger partial charge >= 0.3 is 0 Å². The van der Waals surface area contributed by atoms with Crippen molar-refractivity contribution in [1.29, 1.82) is 0 Å². The molecule has 0 spiro atoms. The van der Waals surface area contributed by atoms with Crippen LogP contribution in [0, 0.1) is 11.7 Å². The first-order valence-electron chi connectivity index (χ1n) is 6.29. The SMILES string of the molecule is CC(C)CC(C)(CN)NS(=O)(=O)c1cc(F)ccc1Br.Cl. The lowest BCUT2D eigenvalue weighted by Crippen LogP contribution is -2.52. The van der Waals surface area contributed by atoms with Crippen LogP contribution < -0.4 is 10.5 Å². The largest absolute Gasteiger partial charge is 0.329 e. The molecule has 1 aromatic rings. The number of nitrogens with one attached hydrogen (secondary N) is 1. The van der Waals surface area contributed by atoms with Gasteiger partial charge < -0.3 is 5.73 Å². The van der Waals surface area contributed by atoms with E-state index in [9.17, 15) is 12.8 Å². The average Bonchev–Trinajstić information content (AvgIpc) is 2.30. The molecule has 0 aliphatic carbocycles. The molecule has 0 heterocycles. The third-order valence-electron chi connectivity index (χ3n) is 2.87. The summed E-state index contributed by atoms with van der Waals surface area (Å²) in [6.07, 6.45) is 0.593. The molecular weight excluding hydrogens is 383 g/mol. The first kappa shape index (κ1) is 20.8. The van der Waals surface area contributed by atoms with Crippen molar-refractivity contribution in [2.45, 2.75) is 37.6 Å². The van der Waals surface area contributed by atoms with Gasteiger partial charge in [-0.05, 0) is 53.4 Å². The molecule has 4 nitrogen and oxygen atoms in total. The molecule has 21 heavy (non-hydrogen) atoms. The van der Waals surface area contributed by atoms with Crippen molar-refractivity contribution in [3.05, 3.63) is 28.5 Å². The van der Waals surface area contributed by atoms with Gasteiger partial charge in [-0.15, -0.1) is 12.4 Å². The highest BCUT2D eigenvalue weighted by molar-refractivity contribution is 9.10. The summed E-state index contributed by atoms with van der Waals surface area (Å²) in [4.78, 5) is -0.124. The number of rotatable bonds is 6. The minimum Gasteiger partial charge on any atom is -0.329 e. The summed E-state index contributed by atoms with van der Waals surface area (Å²) in [7, 11) is -3.85. The summed E-state index contributed by atoms with van der Waals surface area (Å²) in [5, 5.41) is 0. The van der Waals surface area contributed by atoms with Crippen molar-refractivity contribution in [2.75, 3.05) is 6.54 Å². The molecule has 0 saturated carbocycles. The summed E-state index contributed by atoms with van der Waals surface area (Å²) in [6.45, 7) is 5.88. The van der Waals surface area contributed by atoms with E-state index >= 15 is 0 Å². The molecule has 0 saturated heterocycles. The highest BCUT2D eigenvalue weighted by Crippen LogP contribution is 2.25. The molecule has 1 rings (SSSR count). The van der Waals surface area contributed by atoms with Crippen molar-refractivity contribution < 1.29 is 12.8 Å². The Bertz CT molecular complexity index is 584. The molecule has 1 aromatic carbocycles. The number of benzene rings is 1. The monoisotopic (exact) mass is 402 g/mol. The summed E-state index contributed by atoms with van der Waals surface area (Å²) in [6, 6.07) is 3.55. The Kier molecular flexibility index (Phi) is 7.79. The van der Waals surface area contributed by atoms with Crippen molar-refractivity contribution >= 4 is 38.4 Å². The third-order valence-corrected chi connectivity index (χ3v) is 5.51. The lowest BCUT2D eigenvalue weighted by Gasteiger charge is -2.31. The molecule has 122 valence electrons. The fraction of sp³-hybridized carbons (Fsp3) is 0.538. The summed E-state index contributed by atoms with van der Waals surface area (Å²) >= 11 is 3.13. The Hall–Kier alpha value is -0.210. The van der Waals surface area contributed by atoms with E-state index in [4.69, 9.17) is 5.73 Å². The zero-order valence-electron chi connectivity index (χ0n) is 12.2. The summed E-state index contributed by atoms with van der Waals surface area (Å²) in [5.74, 6) is -0.325. The normalized spacial score (nSPS) is 14.6. The highest BCUT2D eigenvalue weighted by Gasteiger charge is 2.31. The standard InChI is InChI=1S/C13H20BrFN2O2S.ClH/c1-9(2)7-13(3,8-16)17-20(18,19)12-6-10(15)4-5-11(12)14;/h4-6,9,17H,7-8,16H2,1-3H3;1H. The maximum atomic E-state index is 13.3. The van der Waals surface area contributed by atoms with Crippen LogP contribution in [0.4, 0.5) is 4.39 Å². The van der Waals surface area contributed by atoms with Crippen LogP contribution in [0.15, 0.2) is 27.6 Å².